The van der Waals surface area contributed by atoms with Gasteiger partial charge in [-0.15, -0.1) is 24.0 Å². The Morgan fingerprint density at radius 1 is 1.11 bits per heavy atom. The highest BCUT2D eigenvalue weighted by molar-refractivity contribution is 14.0. The highest BCUT2D eigenvalue weighted by atomic mass is 127. The molecule has 152 valence electrons. The van der Waals surface area contributed by atoms with Crippen molar-refractivity contribution in [1.29, 1.82) is 0 Å². The summed E-state index contributed by atoms with van der Waals surface area (Å²) in [5.41, 5.74) is 3.04. The van der Waals surface area contributed by atoms with E-state index in [2.05, 4.69) is 41.6 Å². The molecular formula is C22H31IN4O. The van der Waals surface area contributed by atoms with Gasteiger partial charge in [0.1, 0.15) is 0 Å². The van der Waals surface area contributed by atoms with E-state index in [0.29, 0.717) is 12.1 Å². The first-order chi connectivity index (χ1) is 13.0. The van der Waals surface area contributed by atoms with Crippen molar-refractivity contribution in [1.82, 2.24) is 15.5 Å². The minimum Gasteiger partial charge on any atom is -0.357 e. The highest BCUT2D eigenvalue weighted by Crippen LogP contribution is 2.11. The van der Waals surface area contributed by atoms with Crippen LogP contribution in [-0.4, -0.2) is 44.0 Å². The number of hydrogen-bond donors (Lipinski definition) is 2. The van der Waals surface area contributed by atoms with Gasteiger partial charge in [-0.2, -0.15) is 0 Å². The molecule has 2 aromatic carbocycles. The Kier molecular flexibility index (Phi) is 10.6. The molecule has 0 aliphatic rings. The van der Waals surface area contributed by atoms with Crippen LogP contribution in [0.5, 0.6) is 0 Å². The standard InChI is InChI=1S/C22H30N4O.HI/c1-5-23-22(25-17(2)19-11-7-6-8-12-19)24-15-14-18-10-9-13-20(16-18)21(27)26(3)4;/h6-13,16-17H,5,14-15H2,1-4H3,(H2,23,24,25);1H. The molecule has 0 bridgehead atoms. The first-order valence-corrected chi connectivity index (χ1v) is 9.41. The van der Waals surface area contributed by atoms with Crippen molar-refractivity contribution in [2.75, 3.05) is 27.2 Å². The summed E-state index contributed by atoms with van der Waals surface area (Å²) < 4.78 is 0. The molecule has 2 N–H and O–H groups in total. The molecule has 1 amide bonds. The molecule has 5 nitrogen and oxygen atoms in total. The number of benzene rings is 2. The first kappa shape index (κ1) is 23.9. The SMILES string of the molecule is CCNC(=NCCc1cccc(C(=O)N(C)C)c1)NC(C)c1ccccc1.I. The van der Waals surface area contributed by atoms with Crippen molar-refractivity contribution in [3.63, 3.8) is 0 Å². The molecule has 0 spiro atoms. The maximum Gasteiger partial charge on any atom is 0.253 e. The minimum absolute atomic E-state index is 0. The normalized spacial score (nSPS) is 11.9. The van der Waals surface area contributed by atoms with E-state index in [9.17, 15) is 4.79 Å². The average molecular weight is 494 g/mol. The van der Waals surface area contributed by atoms with Gasteiger partial charge < -0.3 is 15.5 Å². The molecule has 0 radical (unpaired) electrons. The Hall–Kier alpha value is -2.09. The van der Waals surface area contributed by atoms with Crippen molar-refractivity contribution in [3.05, 3.63) is 71.3 Å². The Bertz CT molecular complexity index is 762. The number of amides is 1. The molecule has 0 aromatic heterocycles. The Labute approximate surface area is 185 Å². The maximum absolute atomic E-state index is 12.1. The number of aliphatic imine (C=N–C) groups is 1. The fraction of sp³-hybridized carbons (Fsp3) is 0.364. The molecule has 2 aromatic rings. The number of carbonyl (C=O) groups is 1. The largest absolute Gasteiger partial charge is 0.357 e. The number of carbonyl (C=O) groups excluding carboxylic acids is 1. The fourth-order valence-electron chi connectivity index (χ4n) is 2.77. The summed E-state index contributed by atoms with van der Waals surface area (Å²) in [6.45, 7) is 5.63. The van der Waals surface area contributed by atoms with E-state index >= 15 is 0 Å². The predicted octanol–water partition coefficient (Wildman–Crippen LogP) is 3.87. The average Bonchev–Trinajstić information content (AvgIpc) is 2.68. The Morgan fingerprint density at radius 3 is 2.46 bits per heavy atom. The third-order valence-corrected chi connectivity index (χ3v) is 4.25. The van der Waals surface area contributed by atoms with Crippen molar-refractivity contribution in [2.45, 2.75) is 26.3 Å². The first-order valence-electron chi connectivity index (χ1n) is 9.41. The molecule has 0 fully saturated rings. The lowest BCUT2D eigenvalue weighted by Gasteiger charge is -2.18. The van der Waals surface area contributed by atoms with E-state index in [1.165, 1.54) is 5.56 Å². The van der Waals surface area contributed by atoms with Crippen molar-refractivity contribution < 1.29 is 4.79 Å². The molecule has 1 unspecified atom stereocenters. The fourth-order valence-corrected chi connectivity index (χ4v) is 2.77. The monoisotopic (exact) mass is 494 g/mol. The van der Waals surface area contributed by atoms with E-state index in [0.717, 1.165) is 24.5 Å². The van der Waals surface area contributed by atoms with Crippen molar-refractivity contribution >= 4 is 35.8 Å². The van der Waals surface area contributed by atoms with Gasteiger partial charge in [0.15, 0.2) is 5.96 Å². The molecule has 1 atom stereocenters. The zero-order valence-corrected chi connectivity index (χ0v) is 19.4. The summed E-state index contributed by atoms with van der Waals surface area (Å²) in [5.74, 6) is 0.821. The third-order valence-electron chi connectivity index (χ3n) is 4.25. The molecule has 0 heterocycles. The predicted molar refractivity (Wildman–Crippen MR) is 128 cm³/mol. The molecule has 0 aliphatic heterocycles. The van der Waals surface area contributed by atoms with Gasteiger partial charge in [-0.05, 0) is 43.5 Å². The summed E-state index contributed by atoms with van der Waals surface area (Å²) in [4.78, 5) is 18.4. The van der Waals surface area contributed by atoms with E-state index in [4.69, 9.17) is 0 Å². The maximum atomic E-state index is 12.1. The van der Waals surface area contributed by atoms with Crippen molar-refractivity contribution in [3.8, 4) is 0 Å². The van der Waals surface area contributed by atoms with Gasteiger partial charge in [0.2, 0.25) is 0 Å². The quantitative estimate of drug-likeness (QED) is 0.349. The second-order valence-corrected chi connectivity index (χ2v) is 6.69. The number of nitrogens with zero attached hydrogens (tertiary/aromatic N) is 2. The number of halogens is 1. The Morgan fingerprint density at radius 2 is 1.82 bits per heavy atom. The molecular weight excluding hydrogens is 463 g/mol. The van der Waals surface area contributed by atoms with Crippen LogP contribution >= 0.6 is 24.0 Å². The lowest BCUT2D eigenvalue weighted by Crippen LogP contribution is -2.38. The van der Waals surface area contributed by atoms with Crippen LogP contribution in [0.1, 0.15) is 41.4 Å². The van der Waals surface area contributed by atoms with Gasteiger partial charge in [-0.3, -0.25) is 9.79 Å². The van der Waals surface area contributed by atoms with E-state index in [-0.39, 0.29) is 35.9 Å². The molecule has 0 saturated heterocycles. The summed E-state index contributed by atoms with van der Waals surface area (Å²) in [7, 11) is 3.53. The number of nitrogens with one attached hydrogen (secondary N) is 2. The lowest BCUT2D eigenvalue weighted by atomic mass is 10.1. The molecule has 2 rings (SSSR count). The minimum atomic E-state index is 0. The van der Waals surface area contributed by atoms with Crippen LogP contribution in [0.3, 0.4) is 0 Å². The van der Waals surface area contributed by atoms with Crippen LogP contribution in [0.25, 0.3) is 0 Å². The third kappa shape index (κ3) is 7.50. The zero-order valence-electron chi connectivity index (χ0n) is 17.1. The molecule has 6 heteroatoms. The Balaban J connectivity index is 0.00000392. The van der Waals surface area contributed by atoms with Gasteiger partial charge in [-0.1, -0.05) is 42.5 Å². The second kappa shape index (κ2) is 12.4. The van der Waals surface area contributed by atoms with E-state index < -0.39 is 0 Å². The number of rotatable bonds is 7. The molecule has 0 aliphatic carbocycles. The van der Waals surface area contributed by atoms with Gasteiger partial charge in [0.25, 0.3) is 5.91 Å². The lowest BCUT2D eigenvalue weighted by molar-refractivity contribution is 0.0827. The van der Waals surface area contributed by atoms with Gasteiger partial charge >= 0.3 is 0 Å². The van der Waals surface area contributed by atoms with Gasteiger partial charge in [0.05, 0.1) is 6.04 Å². The number of guanidine groups is 1. The summed E-state index contributed by atoms with van der Waals surface area (Å²) in [6.07, 6.45) is 0.783. The molecule has 0 saturated carbocycles. The smallest absolute Gasteiger partial charge is 0.253 e. The van der Waals surface area contributed by atoms with Crippen LogP contribution in [0.15, 0.2) is 59.6 Å². The van der Waals surface area contributed by atoms with Crippen LogP contribution < -0.4 is 10.6 Å². The van der Waals surface area contributed by atoms with E-state index in [1.807, 2.05) is 42.5 Å². The van der Waals surface area contributed by atoms with Gasteiger partial charge in [-0.25, -0.2) is 0 Å². The second-order valence-electron chi connectivity index (χ2n) is 6.69. The van der Waals surface area contributed by atoms with Gasteiger partial charge in [0, 0.05) is 32.7 Å². The summed E-state index contributed by atoms with van der Waals surface area (Å²) >= 11 is 0. The van der Waals surface area contributed by atoms with Crippen LogP contribution in [0.2, 0.25) is 0 Å². The topological polar surface area (TPSA) is 56.7 Å². The summed E-state index contributed by atoms with van der Waals surface area (Å²) in [5, 5.41) is 6.74. The van der Waals surface area contributed by atoms with Crippen LogP contribution in [0, 0.1) is 0 Å². The van der Waals surface area contributed by atoms with E-state index in [1.54, 1.807) is 19.0 Å². The highest BCUT2D eigenvalue weighted by Gasteiger charge is 2.09. The van der Waals surface area contributed by atoms with Crippen molar-refractivity contribution in [2.24, 2.45) is 4.99 Å². The number of hydrogen-bond acceptors (Lipinski definition) is 2. The zero-order chi connectivity index (χ0) is 19.6. The molecule has 28 heavy (non-hydrogen) atoms. The summed E-state index contributed by atoms with van der Waals surface area (Å²) in [6, 6.07) is 18.2. The van der Waals surface area contributed by atoms with Crippen LogP contribution in [0.4, 0.5) is 0 Å². The van der Waals surface area contributed by atoms with Crippen LogP contribution in [-0.2, 0) is 6.42 Å².